The highest BCUT2D eigenvalue weighted by atomic mass is 15.1. The molecule has 0 saturated carbocycles. The van der Waals surface area contributed by atoms with Gasteiger partial charge >= 0.3 is 0 Å². The smallest absolute Gasteiger partial charge is 0.0462 e. The maximum atomic E-state index is 2.40. The van der Waals surface area contributed by atoms with E-state index in [0.29, 0.717) is 5.92 Å². The summed E-state index contributed by atoms with van der Waals surface area (Å²) in [5.74, 6) is 0.682. The molecule has 0 spiro atoms. The summed E-state index contributed by atoms with van der Waals surface area (Å²) < 4.78 is 0. The van der Waals surface area contributed by atoms with Crippen LogP contribution in [0.4, 0.5) is 34.1 Å². The van der Waals surface area contributed by atoms with Crippen LogP contribution < -0.4 is 9.80 Å². The highest BCUT2D eigenvalue weighted by Crippen LogP contribution is 2.44. The molecule has 278 valence electrons. The number of hydrogen-bond donors (Lipinski definition) is 0. The van der Waals surface area contributed by atoms with Gasteiger partial charge in [0.1, 0.15) is 0 Å². The zero-order valence-electron chi connectivity index (χ0n) is 33.7. The third-order valence-electron chi connectivity index (χ3n) is 12.7. The summed E-state index contributed by atoms with van der Waals surface area (Å²) in [6.45, 7) is 16.4. The quantitative estimate of drug-likeness (QED) is 0.0986. The molecule has 0 N–H and O–H groups in total. The topological polar surface area (TPSA) is 6.48 Å². The standard InChI is InChI=1S/C52H60N2/c1-8-42(9-2)52(12-5,13-6)44-30-38-50(39-31-44)54(46-22-18-15-19-23-46)48-34-26-41(27-35-48)40-24-32-47(33-25-40)53(45-20-16-14-17-21-45)49-36-28-43(29-37-49)51(7,10-3)11-4/h14-39,42H,8-13H2,1-7H3. The van der Waals surface area contributed by atoms with Gasteiger partial charge in [-0.3, -0.25) is 0 Å². The van der Waals surface area contributed by atoms with Crippen LogP contribution in [-0.2, 0) is 10.8 Å². The maximum absolute atomic E-state index is 2.40. The van der Waals surface area contributed by atoms with Gasteiger partial charge < -0.3 is 9.80 Å². The molecule has 0 fully saturated rings. The van der Waals surface area contributed by atoms with Crippen LogP contribution in [0.2, 0.25) is 0 Å². The van der Waals surface area contributed by atoms with Crippen LogP contribution in [0.25, 0.3) is 11.1 Å². The van der Waals surface area contributed by atoms with Gasteiger partial charge in [-0.15, -0.1) is 0 Å². The monoisotopic (exact) mass is 712 g/mol. The van der Waals surface area contributed by atoms with Crippen molar-refractivity contribution >= 4 is 34.1 Å². The molecule has 0 aliphatic carbocycles. The minimum Gasteiger partial charge on any atom is -0.311 e. The van der Waals surface area contributed by atoms with Gasteiger partial charge in [0.15, 0.2) is 0 Å². The van der Waals surface area contributed by atoms with E-state index in [9.17, 15) is 0 Å². The first-order valence-corrected chi connectivity index (χ1v) is 20.5. The molecule has 0 aromatic heterocycles. The minimum absolute atomic E-state index is 0.194. The van der Waals surface area contributed by atoms with E-state index in [4.69, 9.17) is 0 Å². The summed E-state index contributed by atoms with van der Waals surface area (Å²) in [4.78, 5) is 4.73. The lowest BCUT2D eigenvalue weighted by Crippen LogP contribution is -2.33. The minimum atomic E-state index is 0.194. The predicted octanol–water partition coefficient (Wildman–Crippen LogP) is 15.9. The van der Waals surface area contributed by atoms with Gasteiger partial charge in [-0.25, -0.2) is 0 Å². The third-order valence-corrected chi connectivity index (χ3v) is 12.7. The van der Waals surface area contributed by atoms with E-state index in [0.717, 1.165) is 54.1 Å². The van der Waals surface area contributed by atoms with E-state index in [-0.39, 0.29) is 10.8 Å². The molecule has 0 unspecified atom stereocenters. The van der Waals surface area contributed by atoms with Crippen LogP contribution in [0.15, 0.2) is 158 Å². The van der Waals surface area contributed by atoms with Crippen molar-refractivity contribution in [3.05, 3.63) is 169 Å². The molecule has 0 aliphatic rings. The molecule has 6 rings (SSSR count). The third kappa shape index (κ3) is 7.76. The lowest BCUT2D eigenvalue weighted by molar-refractivity contribution is 0.231. The summed E-state index contributed by atoms with van der Waals surface area (Å²) in [6.07, 6.45) is 7.00. The van der Waals surface area contributed by atoms with Crippen molar-refractivity contribution in [2.45, 2.75) is 97.8 Å². The number of nitrogens with zero attached hydrogens (tertiary/aromatic N) is 2. The molecule has 0 radical (unpaired) electrons. The van der Waals surface area contributed by atoms with Gasteiger partial charge in [-0.05, 0) is 137 Å². The Hall–Kier alpha value is -5.08. The van der Waals surface area contributed by atoms with Crippen LogP contribution in [-0.4, -0.2) is 0 Å². The van der Waals surface area contributed by atoms with Crippen LogP contribution >= 0.6 is 0 Å². The lowest BCUT2D eigenvalue weighted by atomic mass is 9.65. The zero-order valence-corrected chi connectivity index (χ0v) is 33.7. The highest BCUT2D eigenvalue weighted by Gasteiger charge is 2.35. The van der Waals surface area contributed by atoms with E-state index in [1.165, 1.54) is 40.8 Å². The summed E-state index contributed by atoms with van der Waals surface area (Å²) in [5, 5.41) is 0. The van der Waals surface area contributed by atoms with Crippen LogP contribution in [0.5, 0.6) is 0 Å². The van der Waals surface area contributed by atoms with Gasteiger partial charge in [0.25, 0.3) is 0 Å². The Kier molecular flexibility index (Phi) is 12.4. The fourth-order valence-electron chi connectivity index (χ4n) is 8.81. The van der Waals surface area contributed by atoms with Gasteiger partial charge in [-0.1, -0.05) is 146 Å². The lowest BCUT2D eigenvalue weighted by Gasteiger charge is -2.40. The predicted molar refractivity (Wildman–Crippen MR) is 236 cm³/mol. The van der Waals surface area contributed by atoms with E-state index >= 15 is 0 Å². The Morgan fingerprint density at radius 1 is 0.370 bits per heavy atom. The number of para-hydroxylation sites is 2. The molecule has 0 atom stereocenters. The SMILES string of the molecule is CCC(CC)C(CC)(CC)c1ccc(N(c2ccccc2)c2ccc(-c3ccc(N(c4ccccc4)c4ccc(C(C)(CC)CC)cc4)cc3)cc2)cc1. The molecule has 0 heterocycles. The van der Waals surface area contributed by atoms with Crippen molar-refractivity contribution in [1.29, 1.82) is 0 Å². The Morgan fingerprint density at radius 2 is 0.685 bits per heavy atom. The van der Waals surface area contributed by atoms with E-state index < -0.39 is 0 Å². The fourth-order valence-corrected chi connectivity index (χ4v) is 8.81. The molecular formula is C52H60N2. The normalized spacial score (nSPS) is 11.9. The second-order valence-corrected chi connectivity index (χ2v) is 15.2. The van der Waals surface area contributed by atoms with Gasteiger partial charge in [0.2, 0.25) is 0 Å². The average molecular weight is 713 g/mol. The largest absolute Gasteiger partial charge is 0.311 e. The Balaban J connectivity index is 1.30. The molecule has 54 heavy (non-hydrogen) atoms. The fraction of sp³-hybridized carbons (Fsp3) is 0.308. The Morgan fingerprint density at radius 3 is 1.00 bits per heavy atom. The first-order chi connectivity index (χ1) is 26.3. The summed E-state index contributed by atoms with van der Waals surface area (Å²) in [7, 11) is 0. The van der Waals surface area contributed by atoms with Crippen molar-refractivity contribution in [3.63, 3.8) is 0 Å². The average Bonchev–Trinajstić information content (AvgIpc) is 3.24. The van der Waals surface area contributed by atoms with E-state index in [1.807, 2.05) is 0 Å². The maximum Gasteiger partial charge on any atom is 0.0462 e. The zero-order chi connectivity index (χ0) is 38.1. The first-order valence-electron chi connectivity index (χ1n) is 20.5. The van der Waals surface area contributed by atoms with Gasteiger partial charge in [-0.2, -0.15) is 0 Å². The summed E-state index contributed by atoms with van der Waals surface area (Å²) in [6, 6.07) is 58.1. The van der Waals surface area contributed by atoms with E-state index in [2.05, 4.69) is 216 Å². The number of rotatable bonds is 16. The molecule has 6 aromatic rings. The van der Waals surface area contributed by atoms with Crippen molar-refractivity contribution in [2.24, 2.45) is 5.92 Å². The second kappa shape index (κ2) is 17.4. The molecule has 2 heteroatoms. The molecular weight excluding hydrogens is 653 g/mol. The number of hydrogen-bond acceptors (Lipinski definition) is 2. The van der Waals surface area contributed by atoms with Crippen LogP contribution in [0.3, 0.4) is 0 Å². The van der Waals surface area contributed by atoms with Crippen LogP contribution in [0.1, 0.15) is 98.1 Å². The Bertz CT molecular complexity index is 2000. The first kappa shape index (κ1) is 38.6. The number of anilines is 6. The van der Waals surface area contributed by atoms with Crippen molar-refractivity contribution in [1.82, 2.24) is 0 Å². The number of benzene rings is 6. The van der Waals surface area contributed by atoms with Crippen molar-refractivity contribution < 1.29 is 0 Å². The second-order valence-electron chi connectivity index (χ2n) is 15.2. The van der Waals surface area contributed by atoms with Gasteiger partial charge in [0.05, 0.1) is 0 Å². The van der Waals surface area contributed by atoms with Crippen LogP contribution in [0, 0.1) is 5.92 Å². The molecule has 0 amide bonds. The van der Waals surface area contributed by atoms with Crippen molar-refractivity contribution in [2.75, 3.05) is 9.80 Å². The molecule has 2 nitrogen and oxygen atoms in total. The molecule has 6 aromatic carbocycles. The van der Waals surface area contributed by atoms with E-state index in [1.54, 1.807) is 0 Å². The summed E-state index contributed by atoms with van der Waals surface area (Å²) in [5.41, 5.74) is 12.6. The highest BCUT2D eigenvalue weighted by molar-refractivity contribution is 5.80. The summed E-state index contributed by atoms with van der Waals surface area (Å²) >= 11 is 0. The molecule has 0 aliphatic heterocycles. The van der Waals surface area contributed by atoms with Gasteiger partial charge in [0, 0.05) is 34.1 Å². The molecule has 0 bridgehead atoms. The van der Waals surface area contributed by atoms with Crippen molar-refractivity contribution in [3.8, 4) is 11.1 Å². The molecule has 0 saturated heterocycles. The Labute approximate surface area is 326 Å².